The lowest BCUT2D eigenvalue weighted by molar-refractivity contribution is -0.384. The molecule has 0 aliphatic carbocycles. The van der Waals surface area contributed by atoms with E-state index in [0.717, 1.165) is 27.3 Å². The van der Waals surface area contributed by atoms with Gasteiger partial charge in [0.25, 0.3) is 5.69 Å². The summed E-state index contributed by atoms with van der Waals surface area (Å²) in [6.45, 7) is 0.660. The van der Waals surface area contributed by atoms with E-state index in [1.165, 1.54) is 35.6 Å². The molecule has 0 aliphatic heterocycles. The molecule has 0 atom stereocenters. The van der Waals surface area contributed by atoms with E-state index < -0.39 is 4.92 Å². The second kappa shape index (κ2) is 6.07. The Bertz CT molecular complexity index is 817. The highest BCUT2D eigenvalue weighted by Gasteiger charge is 2.10. The van der Waals surface area contributed by atoms with E-state index >= 15 is 0 Å². The van der Waals surface area contributed by atoms with Gasteiger partial charge in [-0.3, -0.25) is 10.1 Å². The van der Waals surface area contributed by atoms with E-state index in [2.05, 4.69) is 10.3 Å². The highest BCUT2D eigenvalue weighted by Crippen LogP contribution is 2.29. The van der Waals surface area contributed by atoms with Crippen molar-refractivity contribution in [3.8, 4) is 0 Å². The largest absolute Gasteiger partial charge is 0.361 e. The van der Waals surface area contributed by atoms with Crippen LogP contribution in [0.2, 0.25) is 0 Å². The number of halogens is 1. The summed E-state index contributed by atoms with van der Waals surface area (Å²) in [4.78, 5) is 14.7. The Hall–Kier alpha value is -2.54. The summed E-state index contributed by atoms with van der Waals surface area (Å²) in [5.74, 6) is -0.246. The number of aromatic nitrogens is 1. The zero-order valence-electron chi connectivity index (χ0n) is 11.5. The van der Waals surface area contributed by atoms with Crippen LogP contribution in [0.1, 0.15) is 5.56 Å². The van der Waals surface area contributed by atoms with Gasteiger partial charge >= 0.3 is 0 Å². The second-order valence-corrected chi connectivity index (χ2v) is 5.76. The van der Waals surface area contributed by atoms with Crippen molar-refractivity contribution in [2.75, 3.05) is 11.9 Å². The van der Waals surface area contributed by atoms with Gasteiger partial charge in [0.1, 0.15) is 5.82 Å². The van der Waals surface area contributed by atoms with Gasteiger partial charge in [-0.2, -0.15) is 0 Å². The number of hydrogen-bond donors (Lipinski definition) is 1. The van der Waals surface area contributed by atoms with Gasteiger partial charge in [0.15, 0.2) is 5.13 Å². The van der Waals surface area contributed by atoms with Gasteiger partial charge in [-0.1, -0.05) is 23.5 Å². The van der Waals surface area contributed by atoms with E-state index in [1.807, 2.05) is 0 Å². The monoisotopic (exact) mass is 317 g/mol. The molecule has 0 amide bonds. The Balaban J connectivity index is 1.66. The molecule has 0 saturated carbocycles. The van der Waals surface area contributed by atoms with Crippen molar-refractivity contribution >= 4 is 32.4 Å². The molecule has 5 nitrogen and oxygen atoms in total. The molecule has 0 saturated heterocycles. The number of benzene rings is 2. The number of nitro groups is 1. The lowest BCUT2D eigenvalue weighted by Crippen LogP contribution is -2.04. The molecular weight excluding hydrogens is 305 g/mol. The van der Waals surface area contributed by atoms with Crippen molar-refractivity contribution < 1.29 is 9.31 Å². The van der Waals surface area contributed by atoms with Crippen LogP contribution in [0.3, 0.4) is 0 Å². The van der Waals surface area contributed by atoms with E-state index in [4.69, 9.17) is 0 Å². The molecule has 1 N–H and O–H groups in total. The number of fused-ring (bicyclic) bond motifs is 1. The topological polar surface area (TPSA) is 68.1 Å². The minimum absolute atomic E-state index is 0.0639. The smallest absolute Gasteiger partial charge is 0.270 e. The summed E-state index contributed by atoms with van der Waals surface area (Å²) in [7, 11) is 0. The SMILES string of the molecule is O=[N+]([O-])c1ccc2nc(NCCc3ccc(F)cc3)sc2c1. The van der Waals surface area contributed by atoms with Gasteiger partial charge in [-0.25, -0.2) is 9.37 Å². The molecular formula is C15H12FN3O2S. The number of nitro benzene ring substituents is 1. The third-order valence-corrected chi connectivity index (χ3v) is 4.16. The number of nitrogens with one attached hydrogen (secondary N) is 1. The fourth-order valence-electron chi connectivity index (χ4n) is 2.07. The molecule has 0 unspecified atom stereocenters. The number of nitrogens with zero attached hydrogens (tertiary/aromatic N) is 2. The highest BCUT2D eigenvalue weighted by atomic mass is 32.1. The molecule has 0 fully saturated rings. The Morgan fingerprint density at radius 1 is 1.23 bits per heavy atom. The molecule has 0 spiro atoms. The first-order valence-electron chi connectivity index (χ1n) is 6.65. The molecule has 0 bridgehead atoms. The van der Waals surface area contributed by atoms with E-state index in [-0.39, 0.29) is 11.5 Å². The molecule has 7 heteroatoms. The molecule has 22 heavy (non-hydrogen) atoms. The van der Waals surface area contributed by atoms with E-state index in [0.29, 0.717) is 6.54 Å². The number of rotatable bonds is 5. The average Bonchev–Trinajstić information content (AvgIpc) is 2.91. The highest BCUT2D eigenvalue weighted by molar-refractivity contribution is 7.22. The van der Waals surface area contributed by atoms with Crippen LogP contribution in [0, 0.1) is 15.9 Å². The molecule has 0 aliphatic rings. The molecule has 3 aromatic rings. The summed E-state index contributed by atoms with van der Waals surface area (Å²) in [5, 5.41) is 14.7. The van der Waals surface area contributed by atoms with Crippen molar-refractivity contribution in [1.29, 1.82) is 0 Å². The number of non-ortho nitro benzene ring substituents is 1. The quantitative estimate of drug-likeness (QED) is 0.570. The first-order chi connectivity index (χ1) is 10.6. The third kappa shape index (κ3) is 3.20. The Morgan fingerprint density at radius 2 is 2.00 bits per heavy atom. The standard InChI is InChI=1S/C15H12FN3O2S/c16-11-3-1-10(2-4-11)7-8-17-15-18-13-6-5-12(19(20)21)9-14(13)22-15/h1-6,9H,7-8H2,(H,17,18). The first kappa shape index (κ1) is 14.4. The lowest BCUT2D eigenvalue weighted by Gasteiger charge is -2.02. The zero-order valence-corrected chi connectivity index (χ0v) is 12.3. The van der Waals surface area contributed by atoms with Crippen molar-refractivity contribution in [3.05, 3.63) is 64.0 Å². The predicted molar refractivity (Wildman–Crippen MR) is 84.9 cm³/mol. The van der Waals surface area contributed by atoms with Crippen LogP contribution in [0.25, 0.3) is 10.2 Å². The van der Waals surface area contributed by atoms with Gasteiger partial charge < -0.3 is 5.32 Å². The minimum Gasteiger partial charge on any atom is -0.361 e. The molecule has 112 valence electrons. The minimum atomic E-state index is -0.416. The molecule has 2 aromatic carbocycles. The molecule has 1 heterocycles. The average molecular weight is 317 g/mol. The normalized spacial score (nSPS) is 10.8. The molecule has 3 rings (SSSR count). The van der Waals surface area contributed by atoms with Crippen LogP contribution in [0.15, 0.2) is 42.5 Å². The summed E-state index contributed by atoms with van der Waals surface area (Å²) in [6.07, 6.45) is 0.746. The second-order valence-electron chi connectivity index (χ2n) is 4.73. The first-order valence-corrected chi connectivity index (χ1v) is 7.47. The fraction of sp³-hybridized carbons (Fsp3) is 0.133. The van der Waals surface area contributed by atoms with Crippen molar-refractivity contribution in [1.82, 2.24) is 4.98 Å². The predicted octanol–water partition coefficient (Wildman–Crippen LogP) is 4.00. The third-order valence-electron chi connectivity index (χ3n) is 3.19. The summed E-state index contributed by atoms with van der Waals surface area (Å²) < 4.78 is 13.6. The van der Waals surface area contributed by atoms with Crippen LogP contribution in [0.4, 0.5) is 15.2 Å². The summed E-state index contributed by atoms with van der Waals surface area (Å²) >= 11 is 1.38. The van der Waals surface area contributed by atoms with Gasteiger partial charge in [0.05, 0.1) is 15.1 Å². The maximum absolute atomic E-state index is 12.8. The van der Waals surface area contributed by atoms with Crippen LogP contribution < -0.4 is 5.32 Å². The van der Waals surface area contributed by atoms with Crippen LogP contribution in [-0.4, -0.2) is 16.5 Å². The Morgan fingerprint density at radius 3 is 2.73 bits per heavy atom. The molecule has 0 radical (unpaired) electrons. The van der Waals surface area contributed by atoms with Crippen LogP contribution in [-0.2, 0) is 6.42 Å². The number of anilines is 1. The molecule has 1 aromatic heterocycles. The van der Waals surface area contributed by atoms with Crippen LogP contribution >= 0.6 is 11.3 Å². The zero-order chi connectivity index (χ0) is 15.5. The van der Waals surface area contributed by atoms with Crippen molar-refractivity contribution in [2.24, 2.45) is 0 Å². The maximum Gasteiger partial charge on any atom is 0.270 e. The van der Waals surface area contributed by atoms with E-state index in [1.54, 1.807) is 18.2 Å². The van der Waals surface area contributed by atoms with E-state index in [9.17, 15) is 14.5 Å². The number of hydrogen-bond acceptors (Lipinski definition) is 5. The van der Waals surface area contributed by atoms with Crippen molar-refractivity contribution in [2.45, 2.75) is 6.42 Å². The van der Waals surface area contributed by atoms with Gasteiger partial charge in [-0.05, 0) is 30.2 Å². The summed E-state index contributed by atoms with van der Waals surface area (Å²) in [6, 6.07) is 11.0. The van der Waals surface area contributed by atoms with Gasteiger partial charge in [0.2, 0.25) is 0 Å². The lowest BCUT2D eigenvalue weighted by atomic mass is 10.1. The van der Waals surface area contributed by atoms with Gasteiger partial charge in [0, 0.05) is 18.7 Å². The van der Waals surface area contributed by atoms with Crippen molar-refractivity contribution in [3.63, 3.8) is 0 Å². The number of thiazole rings is 1. The van der Waals surface area contributed by atoms with Gasteiger partial charge in [-0.15, -0.1) is 0 Å². The fourth-order valence-corrected chi connectivity index (χ4v) is 2.99. The maximum atomic E-state index is 12.8. The Labute approximate surface area is 129 Å². The van der Waals surface area contributed by atoms with Crippen LogP contribution in [0.5, 0.6) is 0 Å². The summed E-state index contributed by atoms with van der Waals surface area (Å²) in [5.41, 5.74) is 1.83. The Kier molecular flexibility index (Phi) is 3.97.